The second kappa shape index (κ2) is 24.3. The number of ether oxygens (including phenoxy) is 4. The molecule has 0 amide bonds. The largest absolute Gasteiger partial charge is 0.394 e. The maximum absolute atomic E-state index is 11.9. The molecule has 0 bridgehead atoms. The lowest BCUT2D eigenvalue weighted by atomic mass is 10.2. The highest BCUT2D eigenvalue weighted by molar-refractivity contribution is 7.87. The van der Waals surface area contributed by atoms with E-state index in [-0.39, 0.29) is 13.2 Å². The van der Waals surface area contributed by atoms with Gasteiger partial charge in [0.05, 0.1) is 52.9 Å². The van der Waals surface area contributed by atoms with E-state index in [0.29, 0.717) is 65.9 Å². The first-order chi connectivity index (χ1) is 15.1. The summed E-state index contributed by atoms with van der Waals surface area (Å²) in [5, 5.41) is 17.1. The lowest BCUT2D eigenvalue weighted by Crippen LogP contribution is -2.37. The number of aliphatic hydroxyl groups excluding tert-OH is 2. The highest BCUT2D eigenvalue weighted by Gasteiger charge is 2.07. The average Bonchev–Trinajstić information content (AvgIpc) is 2.75. The lowest BCUT2D eigenvalue weighted by molar-refractivity contribution is 0.0321. The third-order valence-electron chi connectivity index (χ3n) is 4.23. The van der Waals surface area contributed by atoms with Crippen molar-refractivity contribution < 1.29 is 37.6 Å². The standard InChI is InChI=1S/C20H44N2O8S/c23-11-15-29-19-17-27-13-7-3-1-5-9-21-31(25,26)22-10-6-2-4-8-14-28-18-20-30-16-12-24/h21-24H,1-20H2. The van der Waals surface area contributed by atoms with Gasteiger partial charge in [0.25, 0.3) is 10.2 Å². The molecule has 10 nitrogen and oxygen atoms in total. The van der Waals surface area contributed by atoms with Crippen LogP contribution in [0.15, 0.2) is 0 Å². The predicted octanol–water partition coefficient (Wildman–Crippen LogP) is 0.582. The summed E-state index contributed by atoms with van der Waals surface area (Å²) in [4.78, 5) is 0. The lowest BCUT2D eigenvalue weighted by Gasteiger charge is -2.09. The molecular formula is C20H44N2O8S. The smallest absolute Gasteiger partial charge is 0.276 e. The minimum Gasteiger partial charge on any atom is -0.394 e. The van der Waals surface area contributed by atoms with Crippen LogP contribution in [0.3, 0.4) is 0 Å². The van der Waals surface area contributed by atoms with Gasteiger partial charge >= 0.3 is 0 Å². The Morgan fingerprint density at radius 1 is 0.484 bits per heavy atom. The highest BCUT2D eigenvalue weighted by Crippen LogP contribution is 2.01. The van der Waals surface area contributed by atoms with E-state index in [1.807, 2.05) is 0 Å². The predicted molar refractivity (Wildman–Crippen MR) is 119 cm³/mol. The number of hydrogen-bond acceptors (Lipinski definition) is 8. The van der Waals surface area contributed by atoms with E-state index in [1.54, 1.807) is 0 Å². The monoisotopic (exact) mass is 472 g/mol. The Morgan fingerprint density at radius 3 is 1.23 bits per heavy atom. The molecule has 0 aromatic rings. The third-order valence-corrected chi connectivity index (χ3v) is 5.40. The Morgan fingerprint density at radius 2 is 0.839 bits per heavy atom. The van der Waals surface area contributed by atoms with Gasteiger partial charge < -0.3 is 29.2 Å². The van der Waals surface area contributed by atoms with Gasteiger partial charge in [0.1, 0.15) is 0 Å². The number of unbranched alkanes of at least 4 members (excludes halogenated alkanes) is 6. The van der Waals surface area contributed by atoms with E-state index >= 15 is 0 Å². The molecule has 0 heterocycles. The minimum absolute atomic E-state index is 0.0279. The summed E-state index contributed by atoms with van der Waals surface area (Å²) in [7, 11) is -3.42. The quantitative estimate of drug-likeness (QED) is 0.134. The maximum Gasteiger partial charge on any atom is 0.276 e. The van der Waals surface area contributed by atoms with E-state index < -0.39 is 10.2 Å². The van der Waals surface area contributed by atoms with E-state index in [9.17, 15) is 8.42 Å². The zero-order valence-electron chi connectivity index (χ0n) is 18.9. The molecular weight excluding hydrogens is 428 g/mol. The second-order valence-electron chi connectivity index (χ2n) is 7.02. The average molecular weight is 473 g/mol. The van der Waals surface area contributed by atoms with Crippen LogP contribution in [-0.4, -0.2) is 97.8 Å². The number of rotatable bonds is 26. The van der Waals surface area contributed by atoms with Crippen LogP contribution in [0.4, 0.5) is 0 Å². The van der Waals surface area contributed by atoms with Gasteiger partial charge in [0.2, 0.25) is 0 Å². The van der Waals surface area contributed by atoms with Crippen LogP contribution in [0.25, 0.3) is 0 Å². The van der Waals surface area contributed by atoms with Gasteiger partial charge in [-0.2, -0.15) is 8.42 Å². The molecule has 0 saturated heterocycles. The van der Waals surface area contributed by atoms with Crippen molar-refractivity contribution in [2.75, 3.05) is 79.2 Å². The van der Waals surface area contributed by atoms with Crippen LogP contribution in [0.5, 0.6) is 0 Å². The molecule has 0 aromatic heterocycles. The molecule has 0 aliphatic rings. The molecule has 0 atom stereocenters. The molecule has 4 N–H and O–H groups in total. The van der Waals surface area contributed by atoms with Gasteiger partial charge in [-0.15, -0.1) is 0 Å². The minimum atomic E-state index is -3.42. The molecule has 0 aliphatic carbocycles. The van der Waals surface area contributed by atoms with Crippen LogP contribution in [0, 0.1) is 0 Å². The van der Waals surface area contributed by atoms with Crippen LogP contribution in [0.2, 0.25) is 0 Å². The summed E-state index contributed by atoms with van der Waals surface area (Å²) in [5.74, 6) is 0. The number of aliphatic hydroxyl groups is 2. The molecule has 188 valence electrons. The van der Waals surface area contributed by atoms with Crippen molar-refractivity contribution in [3.63, 3.8) is 0 Å². The molecule has 0 aliphatic heterocycles. The van der Waals surface area contributed by atoms with Crippen LogP contribution < -0.4 is 9.44 Å². The summed E-state index contributed by atoms with van der Waals surface area (Å²) in [5.41, 5.74) is 0. The fraction of sp³-hybridized carbons (Fsp3) is 1.00. The zero-order valence-corrected chi connectivity index (χ0v) is 19.7. The fourth-order valence-electron chi connectivity index (χ4n) is 2.60. The van der Waals surface area contributed by atoms with Gasteiger partial charge in [-0.3, -0.25) is 0 Å². The molecule has 0 aromatic carbocycles. The summed E-state index contributed by atoms with van der Waals surface area (Å²) in [6.07, 6.45) is 7.35. The molecule has 0 rings (SSSR count). The van der Waals surface area contributed by atoms with Gasteiger partial charge in [-0.1, -0.05) is 25.7 Å². The van der Waals surface area contributed by atoms with Crippen molar-refractivity contribution in [2.24, 2.45) is 0 Å². The SMILES string of the molecule is O=S(=O)(NCCCCCCOCCOCCO)NCCCCCCOCCOCCO. The van der Waals surface area contributed by atoms with Crippen LogP contribution in [-0.2, 0) is 29.2 Å². The Bertz CT molecular complexity index is 420. The van der Waals surface area contributed by atoms with Gasteiger partial charge in [-0.05, 0) is 25.7 Å². The van der Waals surface area contributed by atoms with Crippen LogP contribution in [0.1, 0.15) is 51.4 Å². The number of hydrogen-bond donors (Lipinski definition) is 4. The van der Waals surface area contributed by atoms with E-state index in [2.05, 4.69) is 9.44 Å². The fourth-order valence-corrected chi connectivity index (χ4v) is 3.53. The summed E-state index contributed by atoms with van der Waals surface area (Å²) >= 11 is 0. The Hall–Kier alpha value is -0.370. The maximum atomic E-state index is 11.9. The molecule has 0 saturated carbocycles. The normalized spacial score (nSPS) is 11.9. The Labute approximate surface area is 188 Å². The van der Waals surface area contributed by atoms with E-state index in [0.717, 1.165) is 51.4 Å². The molecule has 0 fully saturated rings. The summed E-state index contributed by atoms with van der Waals surface area (Å²) < 4.78 is 49.9. The molecule has 11 heteroatoms. The topological polar surface area (TPSA) is 136 Å². The zero-order chi connectivity index (χ0) is 22.9. The van der Waals surface area contributed by atoms with E-state index in [4.69, 9.17) is 29.2 Å². The van der Waals surface area contributed by atoms with Gasteiger partial charge in [0, 0.05) is 26.3 Å². The Balaban J connectivity index is 3.31. The van der Waals surface area contributed by atoms with Crippen molar-refractivity contribution in [2.45, 2.75) is 51.4 Å². The third kappa shape index (κ3) is 25.8. The van der Waals surface area contributed by atoms with Crippen molar-refractivity contribution in [1.82, 2.24) is 9.44 Å². The Kier molecular flexibility index (Phi) is 24.0. The molecule has 31 heavy (non-hydrogen) atoms. The van der Waals surface area contributed by atoms with Crippen molar-refractivity contribution >= 4 is 10.2 Å². The summed E-state index contributed by atoms with van der Waals surface area (Å²) in [6.45, 7) is 4.99. The first kappa shape index (κ1) is 30.6. The van der Waals surface area contributed by atoms with E-state index in [1.165, 1.54) is 0 Å². The van der Waals surface area contributed by atoms with Crippen molar-refractivity contribution in [3.05, 3.63) is 0 Å². The van der Waals surface area contributed by atoms with Crippen LogP contribution >= 0.6 is 0 Å². The van der Waals surface area contributed by atoms with Crippen molar-refractivity contribution in [1.29, 1.82) is 0 Å². The van der Waals surface area contributed by atoms with Gasteiger partial charge in [-0.25, -0.2) is 9.44 Å². The first-order valence-electron chi connectivity index (χ1n) is 11.4. The molecule has 0 radical (unpaired) electrons. The first-order valence-corrected chi connectivity index (χ1v) is 12.9. The highest BCUT2D eigenvalue weighted by atomic mass is 32.2. The number of nitrogens with one attached hydrogen (secondary N) is 2. The molecule has 0 spiro atoms. The summed E-state index contributed by atoms with van der Waals surface area (Å²) in [6, 6.07) is 0. The molecule has 0 unspecified atom stereocenters. The van der Waals surface area contributed by atoms with Gasteiger partial charge in [0.15, 0.2) is 0 Å². The van der Waals surface area contributed by atoms with Crippen molar-refractivity contribution in [3.8, 4) is 0 Å². The second-order valence-corrected chi connectivity index (χ2v) is 8.60.